The number of nitrogens with zero attached hydrogens (tertiary/aromatic N) is 1. The van der Waals surface area contributed by atoms with Gasteiger partial charge in [0.25, 0.3) is 0 Å². The van der Waals surface area contributed by atoms with Crippen LogP contribution in [0.25, 0.3) is 0 Å². The molecule has 0 amide bonds. The number of methoxy groups -OCH3 is 2. The number of carbonyl (C=O) groups excluding carboxylic acids is 2. The van der Waals surface area contributed by atoms with E-state index in [0.717, 1.165) is 0 Å². The number of rotatable bonds is 4. The summed E-state index contributed by atoms with van der Waals surface area (Å²) >= 11 is 0. The molecule has 0 aromatic heterocycles. The third-order valence-electron chi connectivity index (χ3n) is 1.92. The van der Waals surface area contributed by atoms with Crippen LogP contribution in [0.1, 0.15) is 13.3 Å². The summed E-state index contributed by atoms with van der Waals surface area (Å²) in [6.07, 6.45) is 0.394. The normalized spacial score (nSPS) is 11.6. The summed E-state index contributed by atoms with van der Waals surface area (Å²) in [5, 5.41) is 8.72. The molecule has 0 spiro atoms. The standard InChI is InChI=1S/C9H13NO4/c1-4-6(5-10)7(8(11)13-2)9(12)14-3/h6-7H,4H2,1-3H3. The van der Waals surface area contributed by atoms with E-state index in [2.05, 4.69) is 9.47 Å². The minimum Gasteiger partial charge on any atom is -0.468 e. The zero-order valence-corrected chi connectivity index (χ0v) is 8.44. The molecule has 0 rings (SSSR count). The second-order valence-electron chi connectivity index (χ2n) is 2.67. The van der Waals surface area contributed by atoms with Gasteiger partial charge in [-0.2, -0.15) is 5.26 Å². The molecule has 0 aliphatic rings. The molecule has 78 valence electrons. The third kappa shape index (κ3) is 2.73. The van der Waals surface area contributed by atoms with Crippen molar-refractivity contribution in [2.45, 2.75) is 13.3 Å². The molecule has 0 saturated heterocycles. The SMILES string of the molecule is CCC(C#N)C(C(=O)OC)C(=O)OC. The zero-order chi connectivity index (χ0) is 11.1. The molecule has 14 heavy (non-hydrogen) atoms. The lowest BCUT2D eigenvalue weighted by Gasteiger charge is -2.15. The molecule has 5 heteroatoms. The second-order valence-corrected chi connectivity index (χ2v) is 2.67. The van der Waals surface area contributed by atoms with Crippen LogP contribution in [0.4, 0.5) is 0 Å². The number of ether oxygens (including phenoxy) is 2. The van der Waals surface area contributed by atoms with Crippen LogP contribution >= 0.6 is 0 Å². The average Bonchev–Trinajstić information content (AvgIpc) is 2.23. The molecule has 0 aliphatic carbocycles. The largest absolute Gasteiger partial charge is 0.468 e. The molecule has 0 aromatic carbocycles. The Bertz CT molecular complexity index is 240. The van der Waals surface area contributed by atoms with Crippen molar-refractivity contribution in [3.8, 4) is 6.07 Å². The van der Waals surface area contributed by atoms with Crippen molar-refractivity contribution < 1.29 is 19.1 Å². The van der Waals surface area contributed by atoms with Crippen molar-refractivity contribution in [2.75, 3.05) is 14.2 Å². The highest BCUT2D eigenvalue weighted by molar-refractivity contribution is 5.95. The second kappa shape index (κ2) is 5.97. The number of esters is 2. The van der Waals surface area contributed by atoms with Crippen molar-refractivity contribution in [1.29, 1.82) is 5.26 Å². The Morgan fingerprint density at radius 1 is 1.29 bits per heavy atom. The Hall–Kier alpha value is -1.57. The van der Waals surface area contributed by atoms with Gasteiger partial charge in [0, 0.05) is 0 Å². The maximum atomic E-state index is 11.2. The Balaban J connectivity index is 4.81. The van der Waals surface area contributed by atoms with Gasteiger partial charge in [0.15, 0.2) is 5.92 Å². The van der Waals surface area contributed by atoms with Crippen LogP contribution in [0.15, 0.2) is 0 Å². The van der Waals surface area contributed by atoms with Crippen LogP contribution in [0, 0.1) is 23.2 Å². The maximum absolute atomic E-state index is 11.2. The fourth-order valence-electron chi connectivity index (χ4n) is 1.08. The summed E-state index contributed by atoms with van der Waals surface area (Å²) in [6.45, 7) is 1.72. The van der Waals surface area contributed by atoms with Gasteiger partial charge in [-0.05, 0) is 6.42 Å². The van der Waals surface area contributed by atoms with Gasteiger partial charge in [0.2, 0.25) is 0 Å². The number of carbonyl (C=O) groups is 2. The number of hydrogen-bond acceptors (Lipinski definition) is 5. The first kappa shape index (κ1) is 12.4. The molecule has 0 aromatic rings. The summed E-state index contributed by atoms with van der Waals surface area (Å²) in [5.41, 5.74) is 0. The molecular formula is C9H13NO4. The van der Waals surface area contributed by atoms with E-state index in [1.54, 1.807) is 6.92 Å². The van der Waals surface area contributed by atoms with Gasteiger partial charge in [-0.15, -0.1) is 0 Å². The zero-order valence-electron chi connectivity index (χ0n) is 8.44. The van der Waals surface area contributed by atoms with Crippen LogP contribution in [0.2, 0.25) is 0 Å². The van der Waals surface area contributed by atoms with Crippen molar-refractivity contribution >= 4 is 11.9 Å². The van der Waals surface area contributed by atoms with E-state index in [1.165, 1.54) is 14.2 Å². The van der Waals surface area contributed by atoms with Crippen molar-refractivity contribution in [2.24, 2.45) is 11.8 Å². The van der Waals surface area contributed by atoms with Gasteiger partial charge in [-0.3, -0.25) is 9.59 Å². The average molecular weight is 199 g/mol. The van der Waals surface area contributed by atoms with E-state index >= 15 is 0 Å². The predicted molar refractivity (Wildman–Crippen MR) is 46.9 cm³/mol. The van der Waals surface area contributed by atoms with E-state index in [4.69, 9.17) is 5.26 Å². The van der Waals surface area contributed by atoms with Gasteiger partial charge in [0.05, 0.1) is 26.2 Å². The van der Waals surface area contributed by atoms with Gasteiger partial charge >= 0.3 is 11.9 Å². The molecule has 0 radical (unpaired) electrons. The topological polar surface area (TPSA) is 76.4 Å². The highest BCUT2D eigenvalue weighted by atomic mass is 16.5. The first-order chi connectivity index (χ1) is 6.62. The molecule has 0 heterocycles. The van der Waals surface area contributed by atoms with Crippen LogP contribution in [-0.4, -0.2) is 26.2 Å². The van der Waals surface area contributed by atoms with Crippen molar-refractivity contribution in [3.63, 3.8) is 0 Å². The molecular weight excluding hydrogens is 186 g/mol. The fourth-order valence-corrected chi connectivity index (χ4v) is 1.08. The van der Waals surface area contributed by atoms with Gasteiger partial charge in [-0.25, -0.2) is 0 Å². The predicted octanol–water partition coefficient (Wildman–Crippen LogP) is 0.498. The van der Waals surface area contributed by atoms with Crippen LogP contribution in [-0.2, 0) is 19.1 Å². The lowest BCUT2D eigenvalue weighted by Crippen LogP contribution is -2.32. The minimum absolute atomic E-state index is 0.394. The molecule has 0 aliphatic heterocycles. The summed E-state index contributed by atoms with van der Waals surface area (Å²) < 4.78 is 8.86. The van der Waals surface area contributed by atoms with Gasteiger partial charge in [0.1, 0.15) is 0 Å². The number of nitriles is 1. The quantitative estimate of drug-likeness (QED) is 0.486. The first-order valence-corrected chi connectivity index (χ1v) is 4.17. The number of hydrogen-bond donors (Lipinski definition) is 0. The van der Waals surface area contributed by atoms with Gasteiger partial charge in [-0.1, -0.05) is 6.92 Å². The molecule has 0 saturated carbocycles. The van der Waals surface area contributed by atoms with Crippen molar-refractivity contribution in [1.82, 2.24) is 0 Å². The lowest BCUT2D eigenvalue weighted by molar-refractivity contribution is -0.160. The maximum Gasteiger partial charge on any atom is 0.321 e. The summed E-state index contributed by atoms with van der Waals surface area (Å²) in [6, 6.07) is 1.88. The van der Waals surface area contributed by atoms with Gasteiger partial charge < -0.3 is 9.47 Å². The molecule has 0 bridgehead atoms. The molecule has 5 nitrogen and oxygen atoms in total. The van der Waals surface area contributed by atoms with E-state index < -0.39 is 23.8 Å². The van der Waals surface area contributed by atoms with E-state index in [0.29, 0.717) is 6.42 Å². The lowest BCUT2D eigenvalue weighted by atomic mass is 9.91. The Morgan fingerprint density at radius 3 is 1.93 bits per heavy atom. The van der Waals surface area contributed by atoms with Crippen molar-refractivity contribution in [3.05, 3.63) is 0 Å². The molecule has 1 unspecified atom stereocenters. The van der Waals surface area contributed by atoms with Crippen LogP contribution < -0.4 is 0 Å². The molecule has 1 atom stereocenters. The van der Waals surface area contributed by atoms with E-state index in [9.17, 15) is 9.59 Å². The highest BCUT2D eigenvalue weighted by Gasteiger charge is 2.35. The van der Waals surface area contributed by atoms with Crippen LogP contribution in [0.5, 0.6) is 0 Å². The summed E-state index contributed by atoms with van der Waals surface area (Å²) in [5.74, 6) is -3.30. The van der Waals surface area contributed by atoms with Crippen LogP contribution in [0.3, 0.4) is 0 Å². The summed E-state index contributed by atoms with van der Waals surface area (Å²) in [7, 11) is 2.34. The summed E-state index contributed by atoms with van der Waals surface area (Å²) in [4.78, 5) is 22.4. The highest BCUT2D eigenvalue weighted by Crippen LogP contribution is 2.18. The molecule has 0 N–H and O–H groups in total. The Kier molecular flexibility index (Phi) is 5.30. The smallest absolute Gasteiger partial charge is 0.321 e. The fraction of sp³-hybridized carbons (Fsp3) is 0.667. The Labute approximate surface area is 82.6 Å². The van der Waals surface area contributed by atoms with E-state index in [1.807, 2.05) is 6.07 Å². The van der Waals surface area contributed by atoms with E-state index in [-0.39, 0.29) is 0 Å². The first-order valence-electron chi connectivity index (χ1n) is 4.17. The third-order valence-corrected chi connectivity index (χ3v) is 1.92. The molecule has 0 fully saturated rings. The monoisotopic (exact) mass is 199 g/mol. The minimum atomic E-state index is -1.14. The Morgan fingerprint density at radius 2 is 1.71 bits per heavy atom.